The summed E-state index contributed by atoms with van der Waals surface area (Å²) >= 11 is 0. The van der Waals surface area contributed by atoms with E-state index in [0.717, 1.165) is 19.4 Å². The Morgan fingerprint density at radius 1 is 1.32 bits per heavy atom. The van der Waals surface area contributed by atoms with Crippen LogP contribution < -0.4 is 11.1 Å². The number of likely N-dealkylation sites (tertiary alicyclic amines) is 1. The molecule has 4 nitrogen and oxygen atoms in total. The maximum Gasteiger partial charge on any atom is 0.220 e. The monoisotopic (exact) mass is 269 g/mol. The molecule has 19 heavy (non-hydrogen) atoms. The summed E-state index contributed by atoms with van der Waals surface area (Å²) in [7, 11) is 0. The highest BCUT2D eigenvalue weighted by Gasteiger charge is 2.20. The molecule has 3 N–H and O–H groups in total. The minimum Gasteiger partial charge on any atom is -0.352 e. The van der Waals surface area contributed by atoms with Crippen molar-refractivity contribution in [3.63, 3.8) is 0 Å². The Bertz CT molecular complexity index is 273. The van der Waals surface area contributed by atoms with Crippen LogP contribution in [0.3, 0.4) is 0 Å². The van der Waals surface area contributed by atoms with Crippen molar-refractivity contribution in [3.05, 3.63) is 0 Å². The lowest BCUT2D eigenvalue weighted by Crippen LogP contribution is -2.41. The minimum absolute atomic E-state index is 0.171. The van der Waals surface area contributed by atoms with Gasteiger partial charge in [-0.1, -0.05) is 13.8 Å². The molecule has 1 fully saturated rings. The number of nitrogens with one attached hydrogen (secondary N) is 1. The number of hydrogen-bond acceptors (Lipinski definition) is 3. The molecule has 0 aromatic carbocycles. The Morgan fingerprint density at radius 2 is 1.95 bits per heavy atom. The number of nitrogens with zero attached hydrogens (tertiary/aromatic N) is 1. The van der Waals surface area contributed by atoms with Crippen molar-refractivity contribution in [2.45, 2.75) is 58.9 Å². The molecule has 0 aromatic heterocycles. The van der Waals surface area contributed by atoms with Crippen LogP contribution in [0.1, 0.15) is 52.9 Å². The first-order valence-electron chi connectivity index (χ1n) is 7.65. The van der Waals surface area contributed by atoms with Crippen molar-refractivity contribution < 1.29 is 4.79 Å². The zero-order chi connectivity index (χ0) is 14.3. The molecule has 0 aromatic rings. The second kappa shape index (κ2) is 7.85. The second-order valence-electron chi connectivity index (χ2n) is 6.68. The van der Waals surface area contributed by atoms with E-state index in [1.54, 1.807) is 0 Å². The zero-order valence-electron chi connectivity index (χ0n) is 12.9. The Kier molecular flexibility index (Phi) is 6.80. The molecule has 1 atom stereocenters. The van der Waals surface area contributed by atoms with E-state index in [9.17, 15) is 4.79 Å². The van der Waals surface area contributed by atoms with Crippen LogP contribution in [0, 0.1) is 5.41 Å². The van der Waals surface area contributed by atoms with Gasteiger partial charge in [-0.3, -0.25) is 4.79 Å². The van der Waals surface area contributed by atoms with E-state index in [1.165, 1.54) is 25.9 Å². The predicted octanol–water partition coefficient (Wildman–Crippen LogP) is 1.74. The van der Waals surface area contributed by atoms with Gasteiger partial charge in [0.25, 0.3) is 0 Å². The summed E-state index contributed by atoms with van der Waals surface area (Å²) in [5.74, 6) is 0.178. The molecule has 0 saturated carbocycles. The van der Waals surface area contributed by atoms with Gasteiger partial charge < -0.3 is 16.0 Å². The molecule has 4 heteroatoms. The summed E-state index contributed by atoms with van der Waals surface area (Å²) in [6.45, 7) is 10.5. The third-order valence-electron chi connectivity index (χ3n) is 3.99. The fourth-order valence-electron chi connectivity index (χ4n) is 2.71. The number of rotatable bonds is 8. The fraction of sp³-hybridized carbons (Fsp3) is 0.933. The van der Waals surface area contributed by atoms with Crippen LogP contribution in [0.25, 0.3) is 0 Å². The largest absolute Gasteiger partial charge is 0.352 e. The van der Waals surface area contributed by atoms with Crippen molar-refractivity contribution >= 4 is 5.91 Å². The van der Waals surface area contributed by atoms with Crippen molar-refractivity contribution in [3.8, 4) is 0 Å². The number of carbonyl (C=O) groups excluding carboxylic acids is 1. The number of amides is 1. The topological polar surface area (TPSA) is 58.4 Å². The molecular weight excluding hydrogens is 238 g/mol. The van der Waals surface area contributed by atoms with Crippen LogP contribution >= 0.6 is 0 Å². The smallest absolute Gasteiger partial charge is 0.220 e. The van der Waals surface area contributed by atoms with Gasteiger partial charge in [0.15, 0.2) is 0 Å². The van der Waals surface area contributed by atoms with Crippen LogP contribution in [0.2, 0.25) is 0 Å². The number of carbonyl (C=O) groups is 1. The van der Waals surface area contributed by atoms with Gasteiger partial charge in [-0.2, -0.15) is 0 Å². The molecule has 1 aliphatic heterocycles. The highest BCUT2D eigenvalue weighted by atomic mass is 16.1. The molecule has 1 saturated heterocycles. The Hall–Kier alpha value is -0.610. The van der Waals surface area contributed by atoms with Gasteiger partial charge in [0.05, 0.1) is 0 Å². The molecular formula is C15H31N3O. The van der Waals surface area contributed by atoms with Gasteiger partial charge in [-0.15, -0.1) is 0 Å². The first-order valence-corrected chi connectivity index (χ1v) is 7.65. The van der Waals surface area contributed by atoms with Gasteiger partial charge in [0.2, 0.25) is 5.91 Å². The lowest BCUT2D eigenvalue weighted by atomic mass is 9.84. The van der Waals surface area contributed by atoms with Crippen molar-refractivity contribution in [2.24, 2.45) is 11.1 Å². The van der Waals surface area contributed by atoms with Crippen LogP contribution in [-0.2, 0) is 4.79 Å². The van der Waals surface area contributed by atoms with E-state index in [1.807, 2.05) is 0 Å². The molecule has 1 unspecified atom stereocenters. The first kappa shape index (κ1) is 16.4. The lowest BCUT2D eigenvalue weighted by Gasteiger charge is -2.25. The van der Waals surface area contributed by atoms with E-state index in [2.05, 4.69) is 31.0 Å². The van der Waals surface area contributed by atoms with Crippen LogP contribution in [-0.4, -0.2) is 43.0 Å². The summed E-state index contributed by atoms with van der Waals surface area (Å²) in [5.41, 5.74) is 5.76. The fourth-order valence-corrected chi connectivity index (χ4v) is 2.71. The quantitative estimate of drug-likeness (QED) is 0.706. The molecule has 0 aliphatic carbocycles. The zero-order valence-corrected chi connectivity index (χ0v) is 12.9. The van der Waals surface area contributed by atoms with Gasteiger partial charge >= 0.3 is 0 Å². The molecule has 112 valence electrons. The summed E-state index contributed by atoms with van der Waals surface area (Å²) in [6, 6.07) is 0.253. The summed E-state index contributed by atoms with van der Waals surface area (Å²) in [6.07, 6.45) is 5.09. The summed E-state index contributed by atoms with van der Waals surface area (Å²) in [5, 5.41) is 3.11. The highest BCUT2D eigenvalue weighted by molar-refractivity contribution is 5.76. The Morgan fingerprint density at radius 3 is 2.53 bits per heavy atom. The second-order valence-corrected chi connectivity index (χ2v) is 6.68. The molecule has 1 rings (SSSR count). The summed E-state index contributed by atoms with van der Waals surface area (Å²) < 4.78 is 0. The van der Waals surface area contributed by atoms with Crippen molar-refractivity contribution in [1.29, 1.82) is 0 Å². The van der Waals surface area contributed by atoms with E-state index in [-0.39, 0.29) is 17.4 Å². The Balaban J connectivity index is 2.18. The van der Waals surface area contributed by atoms with Crippen LogP contribution in [0.4, 0.5) is 0 Å². The average Bonchev–Trinajstić information content (AvgIpc) is 2.79. The molecule has 1 aliphatic rings. The maximum atomic E-state index is 11.9. The molecule has 0 bridgehead atoms. The molecule has 1 amide bonds. The molecule has 1 heterocycles. The van der Waals surface area contributed by atoms with Gasteiger partial charge in [-0.25, -0.2) is 0 Å². The first-order chi connectivity index (χ1) is 8.93. The van der Waals surface area contributed by atoms with Crippen molar-refractivity contribution in [1.82, 2.24) is 10.2 Å². The standard InChI is InChI=1S/C15H31N3O/c1-13(12-18-10-4-5-11-18)17-14(19)6-7-15(2,3)8-9-16/h13H,4-12,16H2,1-3H3,(H,17,19). The number of hydrogen-bond donors (Lipinski definition) is 2. The van der Waals surface area contributed by atoms with E-state index in [4.69, 9.17) is 5.73 Å². The lowest BCUT2D eigenvalue weighted by molar-refractivity contribution is -0.122. The van der Waals surface area contributed by atoms with Crippen LogP contribution in [0.5, 0.6) is 0 Å². The van der Waals surface area contributed by atoms with Gasteiger partial charge in [0, 0.05) is 19.0 Å². The van der Waals surface area contributed by atoms with Crippen LogP contribution in [0.15, 0.2) is 0 Å². The van der Waals surface area contributed by atoms with E-state index >= 15 is 0 Å². The normalized spacial score (nSPS) is 18.5. The third-order valence-corrected chi connectivity index (χ3v) is 3.99. The predicted molar refractivity (Wildman–Crippen MR) is 80.0 cm³/mol. The van der Waals surface area contributed by atoms with Gasteiger partial charge in [0.1, 0.15) is 0 Å². The SMILES string of the molecule is CC(CN1CCCC1)NC(=O)CCC(C)(C)CCN. The third kappa shape index (κ3) is 6.92. The molecule has 0 spiro atoms. The Labute approximate surface area is 118 Å². The highest BCUT2D eigenvalue weighted by Crippen LogP contribution is 2.25. The number of nitrogens with two attached hydrogens (primary N) is 1. The van der Waals surface area contributed by atoms with Crippen molar-refractivity contribution in [2.75, 3.05) is 26.2 Å². The van der Waals surface area contributed by atoms with E-state index in [0.29, 0.717) is 13.0 Å². The summed E-state index contributed by atoms with van der Waals surface area (Å²) in [4.78, 5) is 14.4. The average molecular weight is 269 g/mol. The van der Waals surface area contributed by atoms with Gasteiger partial charge in [-0.05, 0) is 57.7 Å². The maximum absolute atomic E-state index is 11.9. The molecule has 0 radical (unpaired) electrons. The minimum atomic E-state index is 0.171. The van der Waals surface area contributed by atoms with E-state index < -0.39 is 0 Å².